The van der Waals surface area contributed by atoms with E-state index in [0.717, 1.165) is 66.5 Å². The molecule has 0 amide bonds. The van der Waals surface area contributed by atoms with Crippen molar-refractivity contribution in [3.05, 3.63) is 206 Å². The number of rotatable bonds is 5. The molecule has 0 fully saturated rings. The van der Waals surface area contributed by atoms with Crippen molar-refractivity contribution in [3.8, 4) is 16.8 Å². The smallest absolute Gasteiger partial charge is 0.136 e. The zero-order valence-corrected chi connectivity index (χ0v) is 30.9. The van der Waals surface area contributed by atoms with Crippen LogP contribution in [0.25, 0.3) is 92.9 Å². The van der Waals surface area contributed by atoms with Crippen LogP contribution in [0.2, 0.25) is 0 Å². The minimum absolute atomic E-state index is 0.905. The number of aromatic nitrogens is 1. The summed E-state index contributed by atoms with van der Waals surface area (Å²) in [6.45, 7) is 0. The molecular formula is C54H34N2O. The van der Waals surface area contributed by atoms with Crippen LogP contribution in [0.5, 0.6) is 0 Å². The maximum Gasteiger partial charge on any atom is 0.136 e. The number of furan rings is 1. The second kappa shape index (κ2) is 12.5. The molecule has 3 nitrogen and oxygen atoms in total. The quantitative estimate of drug-likeness (QED) is 0.176. The minimum Gasteiger partial charge on any atom is -0.456 e. The van der Waals surface area contributed by atoms with E-state index < -0.39 is 0 Å². The van der Waals surface area contributed by atoms with Crippen molar-refractivity contribution in [1.82, 2.24) is 4.57 Å². The Bertz CT molecular complexity index is 3550. The summed E-state index contributed by atoms with van der Waals surface area (Å²) in [5.74, 6) is 0. The highest BCUT2D eigenvalue weighted by molar-refractivity contribution is 6.12. The van der Waals surface area contributed by atoms with Gasteiger partial charge in [0.2, 0.25) is 0 Å². The lowest BCUT2D eigenvalue weighted by atomic mass is 9.98. The lowest BCUT2D eigenvalue weighted by molar-refractivity contribution is 0.669. The van der Waals surface area contributed by atoms with Crippen molar-refractivity contribution < 1.29 is 4.42 Å². The molecule has 10 aromatic carbocycles. The SMILES string of the molecule is c1ccc(N(c2ccc3cc4oc5ccccc5c4cc3c2)c2ccc3c4ccccc4n(-c4ccc5ccccc5c4)c3c2)c(-c2ccc3ccccc3c2)c1. The average molecular weight is 727 g/mol. The zero-order valence-electron chi connectivity index (χ0n) is 30.9. The summed E-state index contributed by atoms with van der Waals surface area (Å²) in [5, 5.41) is 11.9. The number of para-hydroxylation sites is 3. The summed E-state index contributed by atoms with van der Waals surface area (Å²) in [7, 11) is 0. The molecule has 0 saturated carbocycles. The van der Waals surface area contributed by atoms with Gasteiger partial charge < -0.3 is 13.9 Å². The first-order valence-corrected chi connectivity index (χ1v) is 19.5. The van der Waals surface area contributed by atoms with Crippen LogP contribution in [0.3, 0.4) is 0 Å². The number of hydrogen-bond acceptors (Lipinski definition) is 2. The Hall–Kier alpha value is -7.62. The maximum atomic E-state index is 6.30. The van der Waals surface area contributed by atoms with E-state index in [0.29, 0.717) is 0 Å². The van der Waals surface area contributed by atoms with E-state index in [2.05, 4.69) is 204 Å². The second-order valence-electron chi connectivity index (χ2n) is 15.0. The molecule has 0 aliphatic carbocycles. The lowest BCUT2D eigenvalue weighted by Gasteiger charge is -2.28. The molecule has 0 unspecified atom stereocenters. The first-order valence-electron chi connectivity index (χ1n) is 19.5. The Morgan fingerprint density at radius 1 is 0.351 bits per heavy atom. The van der Waals surface area contributed by atoms with Gasteiger partial charge in [0, 0.05) is 44.2 Å². The van der Waals surface area contributed by atoms with Gasteiger partial charge in [-0.2, -0.15) is 0 Å². The summed E-state index contributed by atoms with van der Waals surface area (Å²) < 4.78 is 8.72. The first-order chi connectivity index (χ1) is 28.2. The number of anilines is 3. The molecule has 2 aromatic heterocycles. The van der Waals surface area contributed by atoms with Gasteiger partial charge in [-0.25, -0.2) is 0 Å². The third-order valence-electron chi connectivity index (χ3n) is 11.7. The largest absolute Gasteiger partial charge is 0.456 e. The highest BCUT2D eigenvalue weighted by atomic mass is 16.3. The lowest BCUT2D eigenvalue weighted by Crippen LogP contribution is -2.11. The molecule has 0 spiro atoms. The summed E-state index contributed by atoms with van der Waals surface area (Å²) in [4.78, 5) is 2.43. The van der Waals surface area contributed by atoms with Gasteiger partial charge in [-0.1, -0.05) is 133 Å². The van der Waals surface area contributed by atoms with E-state index in [1.54, 1.807) is 0 Å². The first kappa shape index (κ1) is 31.7. The molecule has 12 aromatic rings. The molecule has 0 aliphatic rings. The second-order valence-corrected chi connectivity index (χ2v) is 15.0. The number of hydrogen-bond donors (Lipinski definition) is 0. The van der Waals surface area contributed by atoms with E-state index in [1.165, 1.54) is 43.4 Å². The molecule has 0 bridgehead atoms. The Morgan fingerprint density at radius 2 is 0.982 bits per heavy atom. The molecule has 57 heavy (non-hydrogen) atoms. The summed E-state index contributed by atoms with van der Waals surface area (Å²) in [6, 6.07) is 74.9. The summed E-state index contributed by atoms with van der Waals surface area (Å²) in [6.07, 6.45) is 0. The normalized spacial score (nSPS) is 11.9. The molecule has 12 rings (SSSR count). The van der Waals surface area contributed by atoms with Crippen LogP contribution in [0.4, 0.5) is 17.1 Å². The molecule has 0 atom stereocenters. The highest BCUT2D eigenvalue weighted by Crippen LogP contribution is 2.45. The fourth-order valence-electron chi connectivity index (χ4n) is 8.98. The average Bonchev–Trinajstić information content (AvgIpc) is 3.80. The third-order valence-corrected chi connectivity index (χ3v) is 11.7. The topological polar surface area (TPSA) is 21.3 Å². The van der Waals surface area contributed by atoms with Crippen LogP contribution in [0.15, 0.2) is 211 Å². The van der Waals surface area contributed by atoms with E-state index in [-0.39, 0.29) is 0 Å². The van der Waals surface area contributed by atoms with Gasteiger partial charge in [0.25, 0.3) is 0 Å². The van der Waals surface area contributed by atoms with Gasteiger partial charge in [-0.3, -0.25) is 0 Å². The van der Waals surface area contributed by atoms with Crippen LogP contribution in [0, 0.1) is 0 Å². The number of nitrogens with zero attached hydrogens (tertiary/aromatic N) is 2. The molecule has 0 N–H and O–H groups in total. The van der Waals surface area contributed by atoms with Gasteiger partial charge in [0.05, 0.1) is 16.7 Å². The fourth-order valence-corrected chi connectivity index (χ4v) is 8.98. The predicted octanol–water partition coefficient (Wildman–Crippen LogP) is 15.3. The van der Waals surface area contributed by atoms with Crippen molar-refractivity contribution in [3.63, 3.8) is 0 Å². The van der Waals surface area contributed by atoms with Crippen LogP contribution in [-0.2, 0) is 0 Å². The van der Waals surface area contributed by atoms with Crippen LogP contribution in [0.1, 0.15) is 0 Å². The fraction of sp³-hybridized carbons (Fsp3) is 0. The van der Waals surface area contributed by atoms with Gasteiger partial charge in [-0.05, 0) is 111 Å². The van der Waals surface area contributed by atoms with E-state index in [4.69, 9.17) is 4.42 Å². The van der Waals surface area contributed by atoms with Crippen molar-refractivity contribution in [2.45, 2.75) is 0 Å². The Labute approximate surface area is 328 Å². The summed E-state index contributed by atoms with van der Waals surface area (Å²) >= 11 is 0. The van der Waals surface area contributed by atoms with Crippen LogP contribution in [-0.4, -0.2) is 4.57 Å². The van der Waals surface area contributed by atoms with Gasteiger partial charge in [0.1, 0.15) is 11.2 Å². The van der Waals surface area contributed by atoms with Crippen molar-refractivity contribution in [2.24, 2.45) is 0 Å². The van der Waals surface area contributed by atoms with E-state index in [1.807, 2.05) is 12.1 Å². The Kier molecular flexibility index (Phi) is 6.93. The maximum absolute atomic E-state index is 6.30. The Balaban J connectivity index is 1.12. The van der Waals surface area contributed by atoms with Gasteiger partial charge >= 0.3 is 0 Å². The minimum atomic E-state index is 0.905. The molecule has 0 radical (unpaired) electrons. The molecule has 0 saturated heterocycles. The van der Waals surface area contributed by atoms with Crippen molar-refractivity contribution in [1.29, 1.82) is 0 Å². The van der Waals surface area contributed by atoms with Crippen LogP contribution < -0.4 is 4.90 Å². The predicted molar refractivity (Wildman–Crippen MR) is 241 cm³/mol. The monoisotopic (exact) mass is 726 g/mol. The van der Waals surface area contributed by atoms with Crippen molar-refractivity contribution >= 4 is 93.1 Å². The molecule has 3 heteroatoms. The molecule has 0 aliphatic heterocycles. The number of benzene rings is 10. The Morgan fingerprint density at radius 3 is 1.86 bits per heavy atom. The van der Waals surface area contributed by atoms with Gasteiger partial charge in [-0.15, -0.1) is 0 Å². The highest BCUT2D eigenvalue weighted by Gasteiger charge is 2.21. The standard InChI is InChI=1S/C54H34N2O/c1-3-13-37-29-40(22-21-35(37)11-1)45-15-5-8-18-50(45)55(42-26-24-39-33-54-49(32-41(39)31-42)48-17-7-10-20-53(48)57-54)44-27-28-47-46-16-6-9-19-51(46)56(52(47)34-44)43-25-23-36-12-2-4-14-38(36)30-43/h1-34H. The summed E-state index contributed by atoms with van der Waals surface area (Å²) in [5.41, 5.74) is 10.9. The molecule has 266 valence electrons. The third kappa shape index (κ3) is 5.06. The van der Waals surface area contributed by atoms with E-state index in [9.17, 15) is 0 Å². The van der Waals surface area contributed by atoms with Crippen molar-refractivity contribution in [2.75, 3.05) is 4.90 Å². The number of fused-ring (bicyclic) bond motifs is 9. The zero-order chi connectivity index (χ0) is 37.5. The molecule has 2 heterocycles. The van der Waals surface area contributed by atoms with E-state index >= 15 is 0 Å². The van der Waals surface area contributed by atoms with Crippen LogP contribution >= 0.6 is 0 Å². The van der Waals surface area contributed by atoms with Gasteiger partial charge in [0.15, 0.2) is 0 Å². The molecular weight excluding hydrogens is 693 g/mol.